The highest BCUT2D eigenvalue weighted by Gasteiger charge is 2.14. The number of nitrogens with one attached hydrogen (secondary N) is 1. The minimum Gasteiger partial charge on any atom is -0.378 e. The Balaban J connectivity index is 1.73. The second-order valence-corrected chi connectivity index (χ2v) is 5.86. The number of carbonyl (C=O) groups is 1. The molecule has 1 N–H and O–H groups in total. The SMILES string of the molecule is O=C(CCOC1CCNCC1)Cc1cc(Cl)ccc1Cl. The van der Waals surface area contributed by atoms with Crippen molar-refractivity contribution in [3.63, 3.8) is 0 Å². The number of benzene rings is 1. The lowest BCUT2D eigenvalue weighted by molar-refractivity contribution is -0.120. The molecular formula is C15H19Cl2NO2. The maximum atomic E-state index is 11.9. The second-order valence-electron chi connectivity index (χ2n) is 5.02. The Hall–Kier alpha value is -0.610. The molecule has 0 aliphatic carbocycles. The highest BCUT2D eigenvalue weighted by Crippen LogP contribution is 2.21. The molecule has 110 valence electrons. The number of hydrogen-bond acceptors (Lipinski definition) is 3. The fourth-order valence-corrected chi connectivity index (χ4v) is 2.66. The Morgan fingerprint density at radius 2 is 2.05 bits per heavy atom. The van der Waals surface area contributed by atoms with Gasteiger partial charge >= 0.3 is 0 Å². The number of rotatable bonds is 6. The van der Waals surface area contributed by atoms with Crippen molar-refractivity contribution < 1.29 is 9.53 Å². The van der Waals surface area contributed by atoms with Gasteiger partial charge in [0.25, 0.3) is 0 Å². The highest BCUT2D eigenvalue weighted by molar-refractivity contribution is 6.33. The summed E-state index contributed by atoms with van der Waals surface area (Å²) in [5.41, 5.74) is 0.783. The van der Waals surface area contributed by atoms with Crippen LogP contribution >= 0.6 is 23.2 Å². The maximum Gasteiger partial charge on any atom is 0.139 e. The van der Waals surface area contributed by atoms with E-state index in [1.54, 1.807) is 18.2 Å². The van der Waals surface area contributed by atoms with Crippen LogP contribution in [0.15, 0.2) is 18.2 Å². The third-order valence-corrected chi connectivity index (χ3v) is 4.02. The first-order valence-corrected chi connectivity index (χ1v) is 7.68. The molecule has 20 heavy (non-hydrogen) atoms. The van der Waals surface area contributed by atoms with E-state index in [1.807, 2.05) is 0 Å². The Kier molecular flexibility index (Phi) is 6.30. The molecule has 0 saturated carbocycles. The summed E-state index contributed by atoms with van der Waals surface area (Å²) in [4.78, 5) is 11.9. The van der Waals surface area contributed by atoms with Crippen LogP contribution in [0.3, 0.4) is 0 Å². The van der Waals surface area contributed by atoms with E-state index in [4.69, 9.17) is 27.9 Å². The molecule has 0 atom stereocenters. The van der Waals surface area contributed by atoms with Crippen LogP contribution in [-0.4, -0.2) is 31.6 Å². The van der Waals surface area contributed by atoms with Gasteiger partial charge in [-0.15, -0.1) is 0 Å². The molecule has 0 bridgehead atoms. The van der Waals surface area contributed by atoms with Crippen molar-refractivity contribution in [2.24, 2.45) is 0 Å². The first kappa shape index (κ1) is 15.8. The second kappa shape index (κ2) is 7.99. The molecule has 0 spiro atoms. The van der Waals surface area contributed by atoms with Crippen LogP contribution < -0.4 is 5.32 Å². The third-order valence-electron chi connectivity index (χ3n) is 3.42. The third kappa shape index (κ3) is 5.06. The first-order chi connectivity index (χ1) is 9.65. The lowest BCUT2D eigenvalue weighted by Crippen LogP contribution is -2.32. The Labute approximate surface area is 129 Å². The van der Waals surface area contributed by atoms with Crippen LogP contribution in [0.4, 0.5) is 0 Å². The smallest absolute Gasteiger partial charge is 0.139 e. The van der Waals surface area contributed by atoms with Crippen LogP contribution in [0.25, 0.3) is 0 Å². The van der Waals surface area contributed by atoms with Gasteiger partial charge in [-0.3, -0.25) is 4.79 Å². The van der Waals surface area contributed by atoms with Gasteiger partial charge in [0.05, 0.1) is 12.7 Å². The maximum absolute atomic E-state index is 11.9. The number of carbonyl (C=O) groups excluding carboxylic acids is 1. The summed E-state index contributed by atoms with van der Waals surface area (Å²) in [5.74, 6) is 0.128. The number of ether oxygens (including phenoxy) is 1. The van der Waals surface area contributed by atoms with Crippen molar-refractivity contribution in [2.45, 2.75) is 31.8 Å². The van der Waals surface area contributed by atoms with E-state index < -0.39 is 0 Å². The molecule has 0 unspecified atom stereocenters. The van der Waals surface area contributed by atoms with Crippen LogP contribution in [0.1, 0.15) is 24.8 Å². The molecule has 1 aliphatic rings. The minimum atomic E-state index is 0.128. The monoisotopic (exact) mass is 315 g/mol. The number of halogens is 2. The number of Topliss-reactive ketones (excluding diaryl/α,β-unsaturated/α-hetero) is 1. The summed E-state index contributed by atoms with van der Waals surface area (Å²) in [6.45, 7) is 2.48. The number of piperidine rings is 1. The zero-order valence-electron chi connectivity index (χ0n) is 11.3. The van der Waals surface area contributed by atoms with Crippen molar-refractivity contribution in [3.05, 3.63) is 33.8 Å². The van der Waals surface area contributed by atoms with E-state index in [1.165, 1.54) is 0 Å². The van der Waals surface area contributed by atoms with Crippen LogP contribution in [0.5, 0.6) is 0 Å². The van der Waals surface area contributed by atoms with Crippen LogP contribution in [-0.2, 0) is 16.0 Å². The molecule has 0 radical (unpaired) electrons. The summed E-state index contributed by atoms with van der Waals surface area (Å²) in [6.07, 6.45) is 3.07. The average molecular weight is 316 g/mol. The molecule has 1 heterocycles. The van der Waals surface area contributed by atoms with Crippen molar-refractivity contribution in [1.29, 1.82) is 0 Å². The van der Waals surface area contributed by atoms with Gasteiger partial charge in [-0.25, -0.2) is 0 Å². The lowest BCUT2D eigenvalue weighted by Gasteiger charge is -2.22. The van der Waals surface area contributed by atoms with Crippen molar-refractivity contribution in [2.75, 3.05) is 19.7 Å². The summed E-state index contributed by atoms with van der Waals surface area (Å²) in [6, 6.07) is 5.19. The van der Waals surface area contributed by atoms with Gasteiger partial charge < -0.3 is 10.1 Å². The lowest BCUT2D eigenvalue weighted by atomic mass is 10.1. The summed E-state index contributed by atoms with van der Waals surface area (Å²) < 4.78 is 5.73. The molecule has 0 amide bonds. The molecule has 1 aliphatic heterocycles. The molecule has 1 aromatic carbocycles. The molecule has 1 fully saturated rings. The van der Waals surface area contributed by atoms with E-state index in [0.717, 1.165) is 31.5 Å². The Morgan fingerprint density at radius 1 is 1.30 bits per heavy atom. The van der Waals surface area contributed by atoms with Gasteiger partial charge in [-0.1, -0.05) is 23.2 Å². The molecule has 0 aromatic heterocycles. The van der Waals surface area contributed by atoms with Gasteiger partial charge in [0.15, 0.2) is 0 Å². The van der Waals surface area contributed by atoms with Gasteiger partial charge in [-0.05, 0) is 49.7 Å². The van der Waals surface area contributed by atoms with Gasteiger partial charge in [0.2, 0.25) is 0 Å². The normalized spacial score (nSPS) is 16.3. The van der Waals surface area contributed by atoms with Crippen molar-refractivity contribution in [1.82, 2.24) is 5.32 Å². The van der Waals surface area contributed by atoms with Gasteiger partial charge in [0, 0.05) is 22.9 Å². The van der Waals surface area contributed by atoms with E-state index in [9.17, 15) is 4.79 Å². The molecule has 2 rings (SSSR count). The zero-order valence-corrected chi connectivity index (χ0v) is 12.8. The van der Waals surface area contributed by atoms with Crippen molar-refractivity contribution in [3.8, 4) is 0 Å². The summed E-state index contributed by atoms with van der Waals surface area (Å²) >= 11 is 12.0. The topological polar surface area (TPSA) is 38.3 Å². The molecule has 3 nitrogen and oxygen atoms in total. The Morgan fingerprint density at radius 3 is 2.80 bits per heavy atom. The predicted octanol–water partition coefficient (Wildman–Crippen LogP) is 3.26. The molecular weight excluding hydrogens is 297 g/mol. The number of ketones is 1. The fourth-order valence-electron chi connectivity index (χ4n) is 2.28. The van der Waals surface area contributed by atoms with Crippen LogP contribution in [0.2, 0.25) is 10.0 Å². The fraction of sp³-hybridized carbons (Fsp3) is 0.533. The number of hydrogen-bond donors (Lipinski definition) is 1. The molecule has 5 heteroatoms. The highest BCUT2D eigenvalue weighted by atomic mass is 35.5. The summed E-state index contributed by atoms with van der Waals surface area (Å²) in [5, 5.41) is 4.47. The van der Waals surface area contributed by atoms with E-state index >= 15 is 0 Å². The van der Waals surface area contributed by atoms with Gasteiger partial charge in [-0.2, -0.15) is 0 Å². The van der Waals surface area contributed by atoms with E-state index in [-0.39, 0.29) is 5.78 Å². The zero-order chi connectivity index (χ0) is 14.4. The van der Waals surface area contributed by atoms with E-state index in [2.05, 4.69) is 5.32 Å². The Bertz CT molecular complexity index is 459. The molecule has 1 saturated heterocycles. The average Bonchev–Trinajstić information content (AvgIpc) is 2.44. The van der Waals surface area contributed by atoms with Gasteiger partial charge in [0.1, 0.15) is 5.78 Å². The molecule has 1 aromatic rings. The van der Waals surface area contributed by atoms with Crippen molar-refractivity contribution >= 4 is 29.0 Å². The minimum absolute atomic E-state index is 0.128. The summed E-state index contributed by atoms with van der Waals surface area (Å²) in [7, 11) is 0. The quantitative estimate of drug-likeness (QED) is 0.875. The van der Waals surface area contributed by atoms with E-state index in [0.29, 0.717) is 35.6 Å². The van der Waals surface area contributed by atoms with Crippen LogP contribution in [0, 0.1) is 0 Å². The largest absolute Gasteiger partial charge is 0.378 e. The first-order valence-electron chi connectivity index (χ1n) is 6.93. The standard InChI is InChI=1S/C15H19Cl2NO2/c16-12-1-2-15(17)11(9-12)10-13(19)5-8-20-14-3-6-18-7-4-14/h1-2,9,14,18H,3-8,10H2. The predicted molar refractivity (Wildman–Crippen MR) is 81.6 cm³/mol.